The molecule has 4 rings (SSSR count). The lowest BCUT2D eigenvalue weighted by Gasteiger charge is -2.38. The molecule has 0 aliphatic heterocycles. The molecule has 0 amide bonds. The van der Waals surface area contributed by atoms with Gasteiger partial charge in [-0.1, -0.05) is 121 Å². The van der Waals surface area contributed by atoms with Crippen LogP contribution in [0.25, 0.3) is 0 Å². The maximum Gasteiger partial charge on any atom is 0.401 e. The quantitative estimate of drug-likeness (QED) is 0.172. The maximum atomic E-state index is 13.4. The van der Waals surface area contributed by atoms with E-state index < -0.39 is 23.5 Å². The largest absolute Gasteiger partial charge is 0.401 e. The molecule has 0 bridgehead atoms. The van der Waals surface area contributed by atoms with Crippen LogP contribution >= 0.6 is 11.8 Å². The lowest BCUT2D eigenvalue weighted by atomic mass is 9.84. The van der Waals surface area contributed by atoms with Crippen molar-refractivity contribution < 1.29 is 17.9 Å². The van der Waals surface area contributed by atoms with E-state index in [1.54, 1.807) is 11.8 Å². The van der Waals surface area contributed by atoms with Crippen LogP contribution in [-0.2, 0) is 16.1 Å². The summed E-state index contributed by atoms with van der Waals surface area (Å²) < 4.78 is 45.7. The van der Waals surface area contributed by atoms with Crippen molar-refractivity contribution in [1.29, 1.82) is 0 Å². The first-order chi connectivity index (χ1) is 18.4. The predicted octanol–water partition coefficient (Wildman–Crippen LogP) is 7.79. The third-order valence-corrected chi connectivity index (χ3v) is 8.20. The van der Waals surface area contributed by atoms with Gasteiger partial charge in [0.2, 0.25) is 0 Å². The van der Waals surface area contributed by atoms with Gasteiger partial charge in [-0.15, -0.1) is 11.8 Å². The second-order valence-corrected chi connectivity index (χ2v) is 10.5. The van der Waals surface area contributed by atoms with Crippen molar-refractivity contribution in [3.63, 3.8) is 0 Å². The van der Waals surface area contributed by atoms with Crippen LogP contribution in [0.15, 0.2) is 121 Å². The first-order valence-electron chi connectivity index (χ1n) is 12.6. The molecule has 6 heteroatoms. The van der Waals surface area contributed by atoms with E-state index in [9.17, 15) is 13.2 Å². The Morgan fingerprint density at radius 1 is 0.684 bits per heavy atom. The van der Waals surface area contributed by atoms with Crippen molar-refractivity contribution in [3.05, 3.63) is 144 Å². The molecule has 0 spiro atoms. The Balaban J connectivity index is 1.67. The molecule has 0 saturated heterocycles. The number of alkyl halides is 3. The molecule has 0 radical (unpaired) electrons. The number of thioether (sulfide) groups is 1. The zero-order valence-corrected chi connectivity index (χ0v) is 22.2. The summed E-state index contributed by atoms with van der Waals surface area (Å²) in [7, 11) is 1.53. The number of likely N-dealkylation sites (N-methyl/N-ethyl adjacent to an activating group) is 1. The van der Waals surface area contributed by atoms with E-state index >= 15 is 0 Å². The lowest BCUT2D eigenvalue weighted by molar-refractivity contribution is -0.148. The highest BCUT2D eigenvalue weighted by Crippen LogP contribution is 2.48. The van der Waals surface area contributed by atoms with Crippen molar-refractivity contribution in [1.82, 2.24) is 4.90 Å². The number of halogens is 3. The maximum absolute atomic E-state index is 13.4. The van der Waals surface area contributed by atoms with Crippen molar-refractivity contribution >= 4 is 11.8 Å². The molecule has 1 atom stereocenters. The van der Waals surface area contributed by atoms with Gasteiger partial charge in [0.05, 0.1) is 24.5 Å². The van der Waals surface area contributed by atoms with E-state index in [-0.39, 0.29) is 6.61 Å². The fourth-order valence-electron chi connectivity index (χ4n) is 4.59. The standard InChI is InChI=1S/C32H32F3NOS/c1-36(25-31(33,34)35)30(23-37-22-26-14-6-2-7-15-26)24-38-32(27-16-8-3-9-17-27,28-18-10-4-11-19-28)29-20-12-5-13-21-29/h2-21,30H,22-25H2,1H3/t30-/m0/s1. The molecule has 0 unspecified atom stereocenters. The molecule has 0 saturated carbocycles. The average molecular weight is 536 g/mol. The van der Waals surface area contributed by atoms with Gasteiger partial charge in [0.15, 0.2) is 0 Å². The van der Waals surface area contributed by atoms with Crippen LogP contribution in [0.4, 0.5) is 13.2 Å². The highest BCUT2D eigenvalue weighted by Gasteiger charge is 2.39. The van der Waals surface area contributed by atoms with Crippen molar-refractivity contribution in [2.24, 2.45) is 0 Å². The summed E-state index contributed by atoms with van der Waals surface area (Å²) in [6.45, 7) is -0.464. The number of rotatable bonds is 12. The Labute approximate surface area is 227 Å². The van der Waals surface area contributed by atoms with E-state index in [0.717, 1.165) is 22.3 Å². The Hall–Kier alpha value is -3.06. The molecule has 0 fully saturated rings. The van der Waals surface area contributed by atoms with Gasteiger partial charge in [-0.2, -0.15) is 13.2 Å². The van der Waals surface area contributed by atoms with Gasteiger partial charge < -0.3 is 4.74 Å². The molecule has 198 valence electrons. The van der Waals surface area contributed by atoms with Crippen LogP contribution < -0.4 is 0 Å². The fraction of sp³-hybridized carbons (Fsp3) is 0.250. The molecular weight excluding hydrogens is 503 g/mol. The van der Waals surface area contributed by atoms with Gasteiger partial charge in [0, 0.05) is 11.8 Å². The molecule has 38 heavy (non-hydrogen) atoms. The monoisotopic (exact) mass is 535 g/mol. The van der Waals surface area contributed by atoms with Crippen molar-refractivity contribution in [2.75, 3.05) is 26.0 Å². The van der Waals surface area contributed by atoms with E-state index in [0.29, 0.717) is 12.4 Å². The van der Waals surface area contributed by atoms with Gasteiger partial charge in [0.25, 0.3) is 0 Å². The number of nitrogens with zero attached hydrogens (tertiary/aromatic N) is 1. The van der Waals surface area contributed by atoms with Gasteiger partial charge >= 0.3 is 6.18 Å². The minimum atomic E-state index is -4.30. The van der Waals surface area contributed by atoms with Crippen LogP contribution in [0.5, 0.6) is 0 Å². The van der Waals surface area contributed by atoms with E-state index in [1.807, 2.05) is 84.9 Å². The number of hydrogen-bond acceptors (Lipinski definition) is 3. The van der Waals surface area contributed by atoms with Crippen LogP contribution in [0.3, 0.4) is 0 Å². The molecule has 0 N–H and O–H groups in total. The molecule has 4 aromatic rings. The first-order valence-corrected chi connectivity index (χ1v) is 13.6. The van der Waals surface area contributed by atoms with E-state index in [4.69, 9.17) is 4.74 Å². The minimum absolute atomic E-state index is 0.183. The molecule has 4 aromatic carbocycles. The summed E-state index contributed by atoms with van der Waals surface area (Å²) in [6, 6.07) is 39.7. The van der Waals surface area contributed by atoms with Gasteiger partial charge in [0.1, 0.15) is 0 Å². The summed E-state index contributed by atoms with van der Waals surface area (Å²) in [5.74, 6) is 0.431. The summed E-state index contributed by atoms with van der Waals surface area (Å²) in [5, 5.41) is 0. The lowest BCUT2D eigenvalue weighted by Crippen LogP contribution is -2.44. The molecule has 0 heterocycles. The summed E-state index contributed by atoms with van der Waals surface area (Å²) in [6.07, 6.45) is -4.30. The smallest absolute Gasteiger partial charge is 0.375 e. The predicted molar refractivity (Wildman–Crippen MR) is 150 cm³/mol. The van der Waals surface area contributed by atoms with E-state index in [1.165, 1.54) is 11.9 Å². The molecule has 2 nitrogen and oxygen atoms in total. The zero-order valence-electron chi connectivity index (χ0n) is 21.4. The summed E-state index contributed by atoms with van der Waals surface area (Å²) in [5.41, 5.74) is 4.21. The highest BCUT2D eigenvalue weighted by molar-refractivity contribution is 8.00. The molecular formula is C32H32F3NOS. The second kappa shape index (κ2) is 13.1. The van der Waals surface area contributed by atoms with E-state index in [2.05, 4.69) is 36.4 Å². The Kier molecular flexibility index (Phi) is 9.67. The molecule has 0 aliphatic rings. The Bertz CT molecular complexity index is 1120. The fourth-order valence-corrected chi connectivity index (χ4v) is 6.29. The molecule has 0 aromatic heterocycles. The highest BCUT2D eigenvalue weighted by atomic mass is 32.2. The topological polar surface area (TPSA) is 12.5 Å². The van der Waals surface area contributed by atoms with Gasteiger partial charge in [-0.05, 0) is 29.3 Å². The average Bonchev–Trinajstić information content (AvgIpc) is 2.94. The number of benzene rings is 4. The third kappa shape index (κ3) is 7.28. The van der Waals surface area contributed by atoms with Crippen LogP contribution in [-0.4, -0.2) is 43.1 Å². The van der Waals surface area contributed by atoms with Crippen LogP contribution in [0.1, 0.15) is 22.3 Å². The normalized spacial score (nSPS) is 13.0. The summed E-state index contributed by atoms with van der Waals surface area (Å²) >= 11 is 1.65. The Morgan fingerprint density at radius 3 is 1.53 bits per heavy atom. The SMILES string of the molecule is CN(CC(F)(F)F)[C@@H](COCc1ccccc1)CSC(c1ccccc1)(c1ccccc1)c1ccccc1. The minimum Gasteiger partial charge on any atom is -0.375 e. The van der Waals surface area contributed by atoms with Crippen LogP contribution in [0.2, 0.25) is 0 Å². The van der Waals surface area contributed by atoms with Crippen molar-refractivity contribution in [2.45, 2.75) is 23.6 Å². The van der Waals surface area contributed by atoms with Gasteiger partial charge in [-0.3, -0.25) is 4.90 Å². The van der Waals surface area contributed by atoms with Crippen LogP contribution in [0, 0.1) is 0 Å². The second-order valence-electron chi connectivity index (χ2n) is 9.28. The Morgan fingerprint density at radius 2 is 1.11 bits per heavy atom. The van der Waals surface area contributed by atoms with Crippen molar-refractivity contribution in [3.8, 4) is 0 Å². The third-order valence-electron chi connectivity index (χ3n) is 6.51. The van der Waals surface area contributed by atoms with Gasteiger partial charge in [-0.25, -0.2) is 0 Å². The number of hydrogen-bond donors (Lipinski definition) is 0. The summed E-state index contributed by atoms with van der Waals surface area (Å²) in [4.78, 5) is 1.36. The zero-order chi connectivity index (χ0) is 26.8. The molecule has 0 aliphatic carbocycles. The number of ether oxygens (including phenoxy) is 1. The first kappa shape index (κ1) is 28.0.